The zero-order valence-electron chi connectivity index (χ0n) is 13.6. The molecule has 0 aliphatic carbocycles. The molecule has 5 heteroatoms. The number of likely N-dealkylation sites (N-methyl/N-ethyl adjacent to an activating group) is 1. The lowest BCUT2D eigenvalue weighted by molar-refractivity contribution is 0.520. The maximum atomic E-state index is 4.44. The lowest BCUT2D eigenvalue weighted by atomic mass is 9.98. The summed E-state index contributed by atoms with van der Waals surface area (Å²) in [6.45, 7) is 9.20. The minimum absolute atomic E-state index is 0.244. The molecule has 2 aromatic rings. The van der Waals surface area contributed by atoms with Crippen molar-refractivity contribution in [3.63, 3.8) is 0 Å². The lowest BCUT2D eigenvalue weighted by Gasteiger charge is -2.20. The second-order valence-corrected chi connectivity index (χ2v) is 5.46. The van der Waals surface area contributed by atoms with E-state index in [0.29, 0.717) is 0 Å². The van der Waals surface area contributed by atoms with Gasteiger partial charge in [-0.2, -0.15) is 15.3 Å². The number of hydrogen-bond acceptors (Lipinski definition) is 4. The van der Waals surface area contributed by atoms with Crippen molar-refractivity contribution >= 4 is 0 Å². The van der Waals surface area contributed by atoms with E-state index in [2.05, 4.69) is 46.6 Å². The van der Waals surface area contributed by atoms with Crippen molar-refractivity contribution in [2.75, 3.05) is 6.54 Å². The van der Waals surface area contributed by atoms with E-state index in [1.54, 1.807) is 0 Å². The first-order valence-corrected chi connectivity index (χ1v) is 7.61. The fourth-order valence-corrected chi connectivity index (χ4v) is 2.71. The van der Waals surface area contributed by atoms with Crippen molar-refractivity contribution in [2.45, 2.75) is 46.6 Å². The molecule has 5 nitrogen and oxygen atoms in total. The number of nitrogens with one attached hydrogen (secondary N) is 1. The molecular weight excluding hydrogens is 262 g/mol. The van der Waals surface area contributed by atoms with Gasteiger partial charge in [-0.25, -0.2) is 0 Å². The zero-order valence-corrected chi connectivity index (χ0v) is 13.6. The quantitative estimate of drug-likeness (QED) is 0.885. The summed E-state index contributed by atoms with van der Waals surface area (Å²) in [7, 11) is 2.00. The Morgan fingerprint density at radius 2 is 1.90 bits per heavy atom. The van der Waals surface area contributed by atoms with E-state index >= 15 is 0 Å². The van der Waals surface area contributed by atoms with E-state index in [4.69, 9.17) is 0 Å². The van der Waals surface area contributed by atoms with Gasteiger partial charge in [0.1, 0.15) is 0 Å². The molecule has 1 atom stereocenters. The van der Waals surface area contributed by atoms with E-state index in [-0.39, 0.29) is 6.04 Å². The molecular formula is C16H25N5. The van der Waals surface area contributed by atoms with Crippen LogP contribution in [0.3, 0.4) is 0 Å². The summed E-state index contributed by atoms with van der Waals surface area (Å²) < 4.78 is 1.97. The Bertz CT molecular complexity index is 603. The summed E-state index contributed by atoms with van der Waals surface area (Å²) in [6.07, 6.45) is 1.80. The van der Waals surface area contributed by atoms with Crippen molar-refractivity contribution in [3.8, 4) is 0 Å². The van der Waals surface area contributed by atoms with E-state index in [1.807, 2.05) is 25.6 Å². The van der Waals surface area contributed by atoms with Gasteiger partial charge in [-0.3, -0.25) is 4.68 Å². The highest BCUT2D eigenvalue weighted by Gasteiger charge is 2.18. The molecule has 0 aromatic carbocycles. The van der Waals surface area contributed by atoms with Crippen LogP contribution in [0.2, 0.25) is 0 Å². The molecule has 0 radical (unpaired) electrons. The Morgan fingerprint density at radius 1 is 1.14 bits per heavy atom. The van der Waals surface area contributed by atoms with E-state index in [1.165, 1.54) is 11.3 Å². The SMILES string of the molecule is CCNC(Cc1cc(C)nn1C)c1cc(C)nnc1CC. The van der Waals surface area contributed by atoms with Crippen LogP contribution in [0.25, 0.3) is 0 Å². The molecule has 1 N–H and O–H groups in total. The standard InChI is InChI=1S/C16H25N5/c1-6-15-14(9-11(3)18-19-15)16(17-7-2)10-13-8-12(4)20-21(13)5/h8-9,16-17H,6-7,10H2,1-5H3. The monoisotopic (exact) mass is 287 g/mol. The lowest BCUT2D eigenvalue weighted by Crippen LogP contribution is -2.25. The van der Waals surface area contributed by atoms with Gasteiger partial charge in [0.05, 0.1) is 17.1 Å². The number of aryl methyl sites for hydroxylation is 4. The summed E-state index contributed by atoms with van der Waals surface area (Å²) in [5.74, 6) is 0. The smallest absolute Gasteiger partial charge is 0.0676 e. The molecule has 1 unspecified atom stereocenters. The van der Waals surface area contributed by atoms with Crippen LogP contribution in [0, 0.1) is 13.8 Å². The number of aromatic nitrogens is 4. The van der Waals surface area contributed by atoms with Gasteiger partial charge in [-0.1, -0.05) is 13.8 Å². The molecule has 2 heterocycles. The molecule has 0 saturated heterocycles. The molecule has 0 saturated carbocycles. The average molecular weight is 287 g/mol. The fraction of sp³-hybridized carbons (Fsp3) is 0.562. The number of rotatable bonds is 6. The largest absolute Gasteiger partial charge is 0.310 e. The maximum absolute atomic E-state index is 4.44. The Balaban J connectivity index is 2.34. The van der Waals surface area contributed by atoms with Gasteiger partial charge in [0.2, 0.25) is 0 Å². The summed E-state index contributed by atoms with van der Waals surface area (Å²) in [5, 5.41) is 16.6. The van der Waals surface area contributed by atoms with E-state index in [9.17, 15) is 0 Å². The summed E-state index contributed by atoms with van der Waals surface area (Å²) >= 11 is 0. The van der Waals surface area contributed by atoms with Crippen LogP contribution in [0.4, 0.5) is 0 Å². The van der Waals surface area contributed by atoms with Gasteiger partial charge < -0.3 is 5.32 Å². The first-order valence-electron chi connectivity index (χ1n) is 7.61. The molecule has 0 fully saturated rings. The fourth-order valence-electron chi connectivity index (χ4n) is 2.71. The highest BCUT2D eigenvalue weighted by molar-refractivity contribution is 5.27. The normalized spacial score (nSPS) is 12.6. The van der Waals surface area contributed by atoms with Crippen molar-refractivity contribution in [1.82, 2.24) is 25.3 Å². The summed E-state index contributed by atoms with van der Waals surface area (Å²) in [6, 6.07) is 4.55. The number of nitrogens with zero attached hydrogens (tertiary/aromatic N) is 4. The van der Waals surface area contributed by atoms with Crippen molar-refractivity contribution in [3.05, 3.63) is 40.5 Å². The third-order valence-corrected chi connectivity index (χ3v) is 3.70. The van der Waals surface area contributed by atoms with Crippen molar-refractivity contribution in [2.24, 2.45) is 7.05 Å². The first-order chi connectivity index (χ1) is 10.0. The second kappa shape index (κ2) is 6.80. The molecule has 114 valence electrons. The maximum Gasteiger partial charge on any atom is 0.0676 e. The van der Waals surface area contributed by atoms with Gasteiger partial charge in [0, 0.05) is 25.2 Å². The minimum Gasteiger partial charge on any atom is -0.310 e. The van der Waals surface area contributed by atoms with Gasteiger partial charge in [-0.15, -0.1) is 0 Å². The zero-order chi connectivity index (χ0) is 15.4. The van der Waals surface area contributed by atoms with Gasteiger partial charge in [0.25, 0.3) is 0 Å². The van der Waals surface area contributed by atoms with Crippen LogP contribution in [0.15, 0.2) is 12.1 Å². The van der Waals surface area contributed by atoms with Crippen LogP contribution in [0.1, 0.15) is 48.2 Å². The molecule has 21 heavy (non-hydrogen) atoms. The predicted molar refractivity (Wildman–Crippen MR) is 84.2 cm³/mol. The third kappa shape index (κ3) is 3.67. The summed E-state index contributed by atoms with van der Waals surface area (Å²) in [4.78, 5) is 0. The molecule has 0 aliphatic rings. The van der Waals surface area contributed by atoms with E-state index in [0.717, 1.165) is 36.5 Å². The molecule has 0 bridgehead atoms. The predicted octanol–water partition coefficient (Wildman–Crippen LogP) is 2.28. The van der Waals surface area contributed by atoms with Crippen LogP contribution < -0.4 is 5.32 Å². The molecule has 0 spiro atoms. The Hall–Kier alpha value is -1.75. The number of hydrogen-bond donors (Lipinski definition) is 1. The second-order valence-electron chi connectivity index (χ2n) is 5.46. The molecule has 2 rings (SSSR count). The highest BCUT2D eigenvalue weighted by atomic mass is 15.3. The first kappa shape index (κ1) is 15.6. The van der Waals surface area contributed by atoms with Crippen molar-refractivity contribution < 1.29 is 0 Å². The van der Waals surface area contributed by atoms with Crippen LogP contribution in [0.5, 0.6) is 0 Å². The molecule has 0 aliphatic heterocycles. The van der Waals surface area contributed by atoms with Crippen LogP contribution >= 0.6 is 0 Å². The van der Waals surface area contributed by atoms with Crippen LogP contribution in [-0.4, -0.2) is 26.5 Å². The van der Waals surface area contributed by atoms with Gasteiger partial charge >= 0.3 is 0 Å². The van der Waals surface area contributed by atoms with E-state index < -0.39 is 0 Å². The average Bonchev–Trinajstić information content (AvgIpc) is 2.76. The minimum atomic E-state index is 0.244. The topological polar surface area (TPSA) is 55.6 Å². The highest BCUT2D eigenvalue weighted by Crippen LogP contribution is 2.22. The molecule has 2 aromatic heterocycles. The Kier molecular flexibility index (Phi) is 5.07. The van der Waals surface area contributed by atoms with Gasteiger partial charge in [-0.05, 0) is 44.5 Å². The third-order valence-electron chi connectivity index (χ3n) is 3.70. The Labute approximate surface area is 126 Å². The molecule has 0 amide bonds. The Morgan fingerprint density at radius 3 is 2.48 bits per heavy atom. The van der Waals surface area contributed by atoms with Crippen molar-refractivity contribution in [1.29, 1.82) is 0 Å². The van der Waals surface area contributed by atoms with Crippen LogP contribution in [-0.2, 0) is 19.9 Å². The summed E-state index contributed by atoms with van der Waals surface area (Å²) in [5.41, 5.74) is 5.58. The van der Waals surface area contributed by atoms with Gasteiger partial charge in [0.15, 0.2) is 0 Å².